The van der Waals surface area contributed by atoms with Crippen molar-refractivity contribution in [2.45, 2.75) is 109 Å². The van der Waals surface area contributed by atoms with Crippen molar-refractivity contribution in [3.8, 4) is 0 Å². The Morgan fingerprint density at radius 1 is 0.607 bits per heavy atom. The first kappa shape index (κ1) is 27.8. The fourth-order valence-electron chi connectivity index (χ4n) is 3.74. The van der Waals surface area contributed by atoms with Crippen molar-refractivity contribution in [2.75, 3.05) is 32.8 Å². The number of hydrogen-bond acceptors (Lipinski definition) is 5. The minimum absolute atomic E-state index is 0.147. The molecule has 0 aromatic heterocycles. The molecule has 4 N–H and O–H groups in total. The van der Waals surface area contributed by atoms with Gasteiger partial charge in [0, 0.05) is 0 Å². The number of hydrogen-bond donors (Lipinski definition) is 4. The Labute approximate surface area is 172 Å². The molecular weight excluding hydrogens is 358 g/mol. The van der Waals surface area contributed by atoms with Crippen molar-refractivity contribution in [3.63, 3.8) is 0 Å². The first-order valence-corrected chi connectivity index (χ1v) is 11.6. The summed E-state index contributed by atoms with van der Waals surface area (Å²) >= 11 is 0. The van der Waals surface area contributed by atoms with E-state index in [4.69, 9.17) is 10.2 Å². The fourth-order valence-corrected chi connectivity index (χ4v) is 3.74. The van der Waals surface area contributed by atoms with Gasteiger partial charge >= 0.3 is 0 Å². The lowest BCUT2D eigenvalue weighted by Crippen LogP contribution is -2.53. The number of aliphatic hydroxyl groups is 4. The second-order valence-electron chi connectivity index (χ2n) is 8.42. The molecule has 0 aliphatic heterocycles. The molecule has 0 aliphatic rings. The monoisotopic (exact) mass is 405 g/mol. The average molecular weight is 406 g/mol. The molecular formula is C22H47NO5. The largest absolute Gasteiger partial charge is 0.633 e. The van der Waals surface area contributed by atoms with E-state index < -0.39 is 30.1 Å². The maximum Gasteiger partial charge on any atom is 0.126 e. The van der Waals surface area contributed by atoms with E-state index in [9.17, 15) is 15.4 Å². The van der Waals surface area contributed by atoms with Crippen LogP contribution in [0.4, 0.5) is 0 Å². The summed E-state index contributed by atoms with van der Waals surface area (Å²) in [7, 11) is 0. The van der Waals surface area contributed by atoms with Gasteiger partial charge in [0.2, 0.25) is 0 Å². The van der Waals surface area contributed by atoms with Crippen molar-refractivity contribution in [3.05, 3.63) is 5.21 Å². The molecule has 0 rings (SSSR count). The van der Waals surface area contributed by atoms with Crippen LogP contribution in [0.25, 0.3) is 0 Å². The van der Waals surface area contributed by atoms with Crippen molar-refractivity contribution < 1.29 is 25.1 Å². The highest BCUT2D eigenvalue weighted by atomic mass is 16.6. The van der Waals surface area contributed by atoms with Gasteiger partial charge in [-0.25, -0.2) is 0 Å². The molecule has 0 fully saturated rings. The van der Waals surface area contributed by atoms with Gasteiger partial charge in [-0.1, -0.05) is 84.0 Å². The zero-order valence-corrected chi connectivity index (χ0v) is 18.2. The van der Waals surface area contributed by atoms with Gasteiger partial charge in [0.1, 0.15) is 25.3 Å². The number of nitrogens with zero attached hydrogens (tertiary/aromatic N) is 1. The molecule has 6 heteroatoms. The molecule has 0 aliphatic carbocycles. The van der Waals surface area contributed by atoms with E-state index in [0.29, 0.717) is 6.54 Å². The Balaban J connectivity index is 3.68. The zero-order chi connectivity index (χ0) is 21.1. The Hall–Kier alpha value is -0.240. The number of rotatable bonds is 21. The van der Waals surface area contributed by atoms with E-state index in [1.807, 2.05) is 0 Å². The highest BCUT2D eigenvalue weighted by Gasteiger charge is 2.24. The fraction of sp³-hybridized carbons (Fsp3) is 1.00. The summed E-state index contributed by atoms with van der Waals surface area (Å²) in [5.41, 5.74) is 0. The van der Waals surface area contributed by atoms with Crippen molar-refractivity contribution >= 4 is 0 Å². The molecule has 2 unspecified atom stereocenters. The predicted molar refractivity (Wildman–Crippen MR) is 115 cm³/mol. The lowest BCUT2D eigenvalue weighted by Gasteiger charge is -2.45. The van der Waals surface area contributed by atoms with E-state index in [2.05, 4.69) is 6.92 Å². The minimum Gasteiger partial charge on any atom is -0.633 e. The summed E-state index contributed by atoms with van der Waals surface area (Å²) in [6.45, 7) is 1.33. The minimum atomic E-state index is -1.09. The van der Waals surface area contributed by atoms with E-state index in [0.717, 1.165) is 19.3 Å². The van der Waals surface area contributed by atoms with Crippen molar-refractivity contribution in [1.82, 2.24) is 0 Å². The summed E-state index contributed by atoms with van der Waals surface area (Å²) in [5, 5.41) is 49.9. The summed E-state index contributed by atoms with van der Waals surface area (Å²) in [6.07, 6.45) is 15.2. The molecule has 170 valence electrons. The molecule has 2 atom stereocenters. The van der Waals surface area contributed by atoms with Gasteiger partial charge < -0.3 is 30.3 Å². The van der Waals surface area contributed by atoms with Crippen LogP contribution in [0.1, 0.15) is 96.8 Å². The summed E-state index contributed by atoms with van der Waals surface area (Å²) in [5.74, 6) is 0. The molecule has 0 aromatic carbocycles. The maximum atomic E-state index is 12.8. The Bertz CT molecular complexity index is 318. The lowest BCUT2D eigenvalue weighted by molar-refractivity contribution is -0.887. The van der Waals surface area contributed by atoms with Crippen molar-refractivity contribution in [1.29, 1.82) is 0 Å². The number of unbranched alkanes of at least 4 members (excludes halogenated alkanes) is 13. The zero-order valence-electron chi connectivity index (χ0n) is 18.2. The van der Waals surface area contributed by atoms with Gasteiger partial charge in [-0.2, -0.15) is 0 Å². The van der Waals surface area contributed by atoms with E-state index in [1.165, 1.54) is 70.6 Å². The standard InChI is InChI=1S/C22H47NO5/c1-2-3-4-5-6-7-8-9-10-11-12-13-14-15-16-23(28,17-21(26)19-24)18-22(27)20-25/h21-22,24-27H,2-20H2,1H3. The Morgan fingerprint density at radius 2 is 0.929 bits per heavy atom. The van der Waals surface area contributed by atoms with Crippen LogP contribution in [-0.4, -0.2) is 70.1 Å². The van der Waals surface area contributed by atoms with Crippen LogP contribution < -0.4 is 0 Å². The predicted octanol–water partition coefficient (Wildman–Crippen LogP) is 3.49. The lowest BCUT2D eigenvalue weighted by atomic mass is 10.0. The van der Waals surface area contributed by atoms with Crippen molar-refractivity contribution in [2.24, 2.45) is 0 Å². The molecule has 0 saturated carbocycles. The third kappa shape index (κ3) is 16.7. The molecule has 0 amide bonds. The molecule has 0 radical (unpaired) electrons. The molecule has 0 spiro atoms. The number of hydroxylamine groups is 3. The van der Waals surface area contributed by atoms with Gasteiger partial charge in [-0.15, -0.1) is 0 Å². The molecule has 6 nitrogen and oxygen atoms in total. The van der Waals surface area contributed by atoms with Crippen LogP contribution in [0.2, 0.25) is 0 Å². The van der Waals surface area contributed by atoms with Crippen LogP contribution in [0.3, 0.4) is 0 Å². The molecule has 28 heavy (non-hydrogen) atoms. The molecule has 0 aromatic rings. The summed E-state index contributed by atoms with van der Waals surface area (Å²) in [4.78, 5) is 0. The van der Waals surface area contributed by atoms with E-state index in [-0.39, 0.29) is 13.1 Å². The van der Waals surface area contributed by atoms with Crippen LogP contribution >= 0.6 is 0 Å². The van der Waals surface area contributed by atoms with Crippen LogP contribution in [0, 0.1) is 5.21 Å². The highest BCUT2D eigenvalue weighted by Crippen LogP contribution is 2.15. The third-order valence-electron chi connectivity index (χ3n) is 5.43. The normalized spacial score (nSPS) is 16.1. The van der Waals surface area contributed by atoms with Crippen LogP contribution in [0.15, 0.2) is 0 Å². The first-order chi connectivity index (χ1) is 13.5. The smallest absolute Gasteiger partial charge is 0.126 e. The number of aliphatic hydroxyl groups excluding tert-OH is 4. The van der Waals surface area contributed by atoms with Crippen LogP contribution in [0.5, 0.6) is 0 Å². The van der Waals surface area contributed by atoms with Gasteiger partial charge in [-0.05, 0) is 12.8 Å². The second-order valence-corrected chi connectivity index (χ2v) is 8.42. The van der Waals surface area contributed by atoms with Crippen LogP contribution in [-0.2, 0) is 0 Å². The highest BCUT2D eigenvalue weighted by molar-refractivity contribution is 4.60. The van der Waals surface area contributed by atoms with E-state index in [1.54, 1.807) is 0 Å². The molecule has 0 saturated heterocycles. The second kappa shape index (κ2) is 18.8. The third-order valence-corrected chi connectivity index (χ3v) is 5.43. The van der Waals surface area contributed by atoms with Gasteiger partial charge in [0.15, 0.2) is 0 Å². The summed E-state index contributed by atoms with van der Waals surface area (Å²) in [6, 6.07) is 0. The molecule has 0 bridgehead atoms. The Morgan fingerprint density at radius 3 is 1.25 bits per heavy atom. The topological polar surface area (TPSA) is 104 Å². The first-order valence-electron chi connectivity index (χ1n) is 11.6. The quantitative estimate of drug-likeness (QED) is 0.133. The number of quaternary nitrogens is 1. The summed E-state index contributed by atoms with van der Waals surface area (Å²) < 4.78 is -0.762. The van der Waals surface area contributed by atoms with E-state index >= 15 is 0 Å². The van der Waals surface area contributed by atoms with Gasteiger partial charge in [0.05, 0.1) is 19.8 Å². The van der Waals surface area contributed by atoms with Gasteiger partial charge in [0.25, 0.3) is 0 Å². The molecule has 0 heterocycles. The van der Waals surface area contributed by atoms with Gasteiger partial charge in [-0.3, -0.25) is 0 Å². The SMILES string of the molecule is CCCCCCCCCCCCCCCC[N+]([O-])(CC(O)CO)CC(O)CO. The average Bonchev–Trinajstić information content (AvgIpc) is 2.67. The Kier molecular flexibility index (Phi) is 18.6. The maximum absolute atomic E-state index is 12.8.